The molecule has 1 aromatic carbocycles. The predicted octanol–water partition coefficient (Wildman–Crippen LogP) is -4.54. The van der Waals surface area contributed by atoms with Crippen LogP contribution in [0.4, 0.5) is 5.69 Å². The van der Waals surface area contributed by atoms with Gasteiger partial charge in [0.05, 0.1) is 24.7 Å². The van der Waals surface area contributed by atoms with Crippen LogP contribution in [0.5, 0.6) is 0 Å². The van der Waals surface area contributed by atoms with Crippen molar-refractivity contribution in [2.45, 2.75) is 4.51 Å². The van der Waals surface area contributed by atoms with E-state index in [9.17, 15) is 14.4 Å². The molecule has 0 saturated carbocycles. The first-order chi connectivity index (χ1) is 7.32. The third kappa shape index (κ3) is 4.38. The van der Waals surface area contributed by atoms with Crippen molar-refractivity contribution in [3.63, 3.8) is 0 Å². The van der Waals surface area contributed by atoms with Crippen molar-refractivity contribution in [1.29, 1.82) is 0 Å². The zero-order valence-electron chi connectivity index (χ0n) is 9.59. The molecule has 0 aliphatic carbocycles. The van der Waals surface area contributed by atoms with Crippen molar-refractivity contribution in [2.24, 2.45) is 4.99 Å². The minimum absolute atomic E-state index is 0. The molecule has 0 amide bonds. The number of halogens is 2. The molecule has 0 N–H and O–H groups in total. The minimum Gasteiger partial charge on any atom is -0.790 e. The molecule has 1 aliphatic heterocycles. The summed E-state index contributed by atoms with van der Waals surface area (Å²) < 4.78 is 13.5. The first-order valence-corrected chi connectivity index (χ1v) is 6.71. The Balaban J connectivity index is 0.00000144. The monoisotopic (exact) mass is 369 g/mol. The van der Waals surface area contributed by atoms with Gasteiger partial charge in [0.1, 0.15) is 0 Å². The molecule has 0 radical (unpaired) electrons. The average Bonchev–Trinajstić information content (AvgIpc) is 2.41. The molecule has 0 bridgehead atoms. The van der Waals surface area contributed by atoms with Crippen LogP contribution in [0.25, 0.3) is 0 Å². The van der Waals surface area contributed by atoms with E-state index in [0.29, 0.717) is 11.3 Å². The second kappa shape index (κ2) is 7.16. The summed E-state index contributed by atoms with van der Waals surface area (Å²) in [5.74, 6) is 0. The van der Waals surface area contributed by atoms with E-state index in [1.54, 1.807) is 18.2 Å². The smallest absolute Gasteiger partial charge is 0.790 e. The Hall–Kier alpha value is 1.77. The molecule has 1 aliphatic rings. The molecule has 1 heterocycles. The summed E-state index contributed by atoms with van der Waals surface area (Å²) in [6.45, 7) is 0. The van der Waals surface area contributed by atoms with Gasteiger partial charge in [-0.2, -0.15) is 0 Å². The number of nitrogens with zero attached hydrogens (tertiary/aromatic N) is 1. The average molecular weight is 370 g/mol. The first kappa shape index (κ1) is 19.8. The van der Waals surface area contributed by atoms with E-state index in [0.717, 1.165) is 0 Å². The van der Waals surface area contributed by atoms with E-state index in [1.165, 1.54) is 6.21 Å². The van der Waals surface area contributed by atoms with E-state index in [4.69, 9.17) is 11.6 Å². The first-order valence-electron chi connectivity index (χ1n) is 4.08. The summed E-state index contributed by atoms with van der Waals surface area (Å²) in [4.78, 5) is 25.2. The van der Waals surface area contributed by atoms with E-state index >= 15 is 0 Å². The normalized spacial score (nSPS) is 20.9. The zero-order valence-corrected chi connectivity index (χ0v) is 16.8. The molecule has 2 rings (SSSR count). The Labute approximate surface area is 161 Å². The van der Waals surface area contributed by atoms with Gasteiger partial charge in [0.2, 0.25) is 0 Å². The summed E-state index contributed by atoms with van der Waals surface area (Å²) in [7, 11) is -5.15. The maximum absolute atomic E-state index is 10.6. The number of hydrogen-bond donors (Lipinski definition) is 0. The quantitative estimate of drug-likeness (QED) is 0.298. The SMILES string of the molecule is O=P([O-])([O-])OC1(Br)C=Nc2cccc(Cl)c21.[Na+].[Na+]. The van der Waals surface area contributed by atoms with Gasteiger partial charge in [0.25, 0.3) is 0 Å². The fourth-order valence-electron chi connectivity index (χ4n) is 1.41. The van der Waals surface area contributed by atoms with Crippen molar-refractivity contribution in [3.8, 4) is 0 Å². The van der Waals surface area contributed by atoms with Crippen LogP contribution in [0.1, 0.15) is 5.56 Å². The fraction of sp³-hybridized carbons (Fsp3) is 0.125. The maximum Gasteiger partial charge on any atom is 1.00 e. The van der Waals surface area contributed by atoms with Gasteiger partial charge in [-0.05, 0) is 28.1 Å². The zero-order chi connectivity index (χ0) is 12.0. The van der Waals surface area contributed by atoms with E-state index < -0.39 is 12.3 Å². The minimum atomic E-state index is -5.15. The van der Waals surface area contributed by atoms with Crippen LogP contribution >= 0.6 is 35.4 Å². The molecule has 10 heteroatoms. The summed E-state index contributed by atoms with van der Waals surface area (Å²) in [5, 5.41) is 0.264. The van der Waals surface area contributed by atoms with Crippen LogP contribution in [0.2, 0.25) is 5.02 Å². The van der Waals surface area contributed by atoms with Crippen molar-refractivity contribution in [3.05, 3.63) is 28.8 Å². The number of phosphoric ester groups is 1. The van der Waals surface area contributed by atoms with Crippen LogP contribution in [0.15, 0.2) is 23.2 Å². The van der Waals surface area contributed by atoms with Gasteiger partial charge in [-0.1, -0.05) is 17.7 Å². The van der Waals surface area contributed by atoms with Gasteiger partial charge in [-0.3, -0.25) is 4.99 Å². The van der Waals surface area contributed by atoms with Crippen molar-refractivity contribution < 1.29 is 78.0 Å². The van der Waals surface area contributed by atoms with Crippen molar-refractivity contribution >= 4 is 47.3 Å². The Morgan fingerprint density at radius 3 is 2.56 bits per heavy atom. The summed E-state index contributed by atoms with van der Waals surface area (Å²) >= 11 is 8.90. The largest absolute Gasteiger partial charge is 1.00 e. The Morgan fingerprint density at radius 1 is 1.39 bits per heavy atom. The maximum atomic E-state index is 10.6. The van der Waals surface area contributed by atoms with Crippen molar-refractivity contribution in [1.82, 2.24) is 0 Å². The van der Waals surface area contributed by atoms with Crippen LogP contribution < -0.4 is 68.9 Å². The van der Waals surface area contributed by atoms with Gasteiger partial charge in [0.15, 0.2) is 4.51 Å². The van der Waals surface area contributed by atoms with Crippen LogP contribution in [0, 0.1) is 0 Å². The standard InChI is InChI=1S/C8H6BrClNO4P.2Na/c9-8(15-16(12,13)14)4-11-6-3-1-2-5(10)7(6)8;;/h1-4H,(H2,12,13,14);;/q;2*+1/p-2. The van der Waals surface area contributed by atoms with Gasteiger partial charge in [-0.25, -0.2) is 0 Å². The molecule has 0 aromatic heterocycles. The molecule has 1 atom stereocenters. The Bertz CT molecular complexity index is 526. The van der Waals surface area contributed by atoms with E-state index in [1.807, 2.05) is 0 Å². The van der Waals surface area contributed by atoms with Crippen LogP contribution in [-0.2, 0) is 13.6 Å². The van der Waals surface area contributed by atoms with Crippen LogP contribution in [-0.4, -0.2) is 6.21 Å². The second-order valence-electron chi connectivity index (χ2n) is 3.08. The van der Waals surface area contributed by atoms with Crippen LogP contribution in [0.3, 0.4) is 0 Å². The van der Waals surface area contributed by atoms with Crippen molar-refractivity contribution in [2.75, 3.05) is 0 Å². The predicted molar refractivity (Wildman–Crippen MR) is 58.9 cm³/mol. The Kier molecular flexibility index (Phi) is 7.86. The number of hydrogen-bond acceptors (Lipinski definition) is 5. The number of alkyl halides is 1. The number of phosphoric acid groups is 1. The molecule has 18 heavy (non-hydrogen) atoms. The van der Waals surface area contributed by atoms with Gasteiger partial charge in [-0.15, -0.1) is 0 Å². The fourth-order valence-corrected chi connectivity index (χ4v) is 3.35. The number of aliphatic imine (C=N–C) groups is 1. The third-order valence-corrected chi connectivity index (χ3v) is 3.79. The molecule has 1 aromatic rings. The summed E-state index contributed by atoms with van der Waals surface area (Å²) in [5.41, 5.74) is 0.765. The molecule has 0 fully saturated rings. The van der Waals surface area contributed by atoms with Gasteiger partial charge >= 0.3 is 59.1 Å². The molecule has 0 spiro atoms. The Morgan fingerprint density at radius 2 is 2.00 bits per heavy atom. The number of rotatable bonds is 2. The number of benzene rings is 1. The summed E-state index contributed by atoms with van der Waals surface area (Å²) in [6, 6.07) is 4.84. The second-order valence-corrected chi connectivity index (χ2v) is 5.74. The molecule has 1 unspecified atom stereocenters. The molecular formula is C8H4BrClNNa2O4P. The summed E-state index contributed by atoms with van der Waals surface area (Å²) in [6.07, 6.45) is 1.17. The van der Waals surface area contributed by atoms with Gasteiger partial charge in [0, 0.05) is 5.56 Å². The molecule has 5 nitrogen and oxygen atoms in total. The third-order valence-electron chi connectivity index (χ3n) is 1.95. The van der Waals surface area contributed by atoms with E-state index in [-0.39, 0.29) is 64.1 Å². The van der Waals surface area contributed by atoms with E-state index in [2.05, 4.69) is 25.4 Å². The molecule has 0 saturated heterocycles. The molecule has 86 valence electrons. The molecular weight excluding hydrogens is 366 g/mol. The number of fused-ring (bicyclic) bond motifs is 1. The topological polar surface area (TPSA) is 84.8 Å². The van der Waals surface area contributed by atoms with Gasteiger partial charge < -0.3 is 18.9 Å².